The molecule has 2 heterocycles. The number of allylic oxidation sites excluding steroid dienone is 3. The summed E-state index contributed by atoms with van der Waals surface area (Å²) in [5, 5.41) is 2.36. The highest BCUT2D eigenvalue weighted by molar-refractivity contribution is 6.11. The van der Waals surface area contributed by atoms with Gasteiger partial charge < -0.3 is 9.47 Å². The van der Waals surface area contributed by atoms with Crippen LogP contribution < -0.4 is 4.90 Å². The first-order valence-electron chi connectivity index (χ1n) is 19.5. The lowest BCUT2D eigenvalue weighted by Crippen LogP contribution is -2.17. The number of anilines is 2. The third kappa shape index (κ3) is 6.59. The molecule has 1 atom stereocenters. The molecule has 1 unspecified atom stereocenters. The van der Waals surface area contributed by atoms with Crippen LogP contribution in [0.15, 0.2) is 206 Å². The lowest BCUT2D eigenvalue weighted by Gasteiger charge is -2.28. The number of nitrogens with zero attached hydrogens (tertiary/aromatic N) is 5. The molecule has 1 aliphatic carbocycles. The Bertz CT molecular complexity index is 2860. The van der Waals surface area contributed by atoms with Crippen molar-refractivity contribution in [1.29, 1.82) is 0 Å². The summed E-state index contributed by atoms with van der Waals surface area (Å²) in [5.74, 6) is 2.47. The second-order valence-corrected chi connectivity index (χ2v) is 14.6. The number of benzene rings is 7. The Hall–Kier alpha value is -7.37. The third-order valence-electron chi connectivity index (χ3n) is 10.8. The van der Waals surface area contributed by atoms with E-state index in [1.807, 2.05) is 60.7 Å². The summed E-state index contributed by atoms with van der Waals surface area (Å²) >= 11 is 0. The highest BCUT2D eigenvalue weighted by atomic mass is 15.1. The third-order valence-corrected chi connectivity index (χ3v) is 10.8. The zero-order valence-corrected chi connectivity index (χ0v) is 31.6. The van der Waals surface area contributed by atoms with E-state index in [9.17, 15) is 0 Å². The van der Waals surface area contributed by atoms with Crippen molar-refractivity contribution in [2.75, 3.05) is 4.90 Å². The predicted octanol–water partition coefficient (Wildman–Crippen LogP) is 13.3. The summed E-state index contributed by atoms with van der Waals surface area (Å²) in [5.41, 5.74) is 11.9. The summed E-state index contributed by atoms with van der Waals surface area (Å²) < 4.78 is 2.36. The molecule has 0 saturated carbocycles. The fourth-order valence-electron chi connectivity index (χ4n) is 7.84. The molecule has 0 fully saturated rings. The van der Waals surface area contributed by atoms with Crippen molar-refractivity contribution in [1.82, 2.24) is 19.5 Å². The highest BCUT2D eigenvalue weighted by Gasteiger charge is 2.19. The summed E-state index contributed by atoms with van der Waals surface area (Å²) in [7, 11) is 0. The molecule has 5 nitrogen and oxygen atoms in total. The molecule has 272 valence electrons. The largest absolute Gasteiger partial charge is 0.311 e. The van der Waals surface area contributed by atoms with E-state index in [0.29, 0.717) is 23.4 Å². The van der Waals surface area contributed by atoms with Gasteiger partial charge in [0.15, 0.2) is 17.5 Å². The maximum atomic E-state index is 5.05. The summed E-state index contributed by atoms with van der Waals surface area (Å²) in [4.78, 5) is 17.4. The molecule has 0 spiro atoms. The quantitative estimate of drug-likeness (QED) is 0.156. The van der Waals surface area contributed by atoms with E-state index in [4.69, 9.17) is 15.0 Å². The zero-order chi connectivity index (χ0) is 38.1. The van der Waals surface area contributed by atoms with Crippen LogP contribution in [-0.2, 0) is 0 Å². The van der Waals surface area contributed by atoms with Crippen molar-refractivity contribution in [3.8, 4) is 51.0 Å². The van der Waals surface area contributed by atoms with Crippen molar-refractivity contribution >= 4 is 33.2 Å². The maximum absolute atomic E-state index is 5.05. The van der Waals surface area contributed by atoms with Crippen LogP contribution in [0.1, 0.15) is 13.3 Å². The second kappa shape index (κ2) is 14.7. The molecule has 7 aromatic carbocycles. The number of aromatic nitrogens is 4. The molecule has 1 aliphatic rings. The Kier molecular flexibility index (Phi) is 8.81. The minimum absolute atomic E-state index is 0.547. The van der Waals surface area contributed by atoms with E-state index in [1.165, 1.54) is 16.5 Å². The summed E-state index contributed by atoms with van der Waals surface area (Å²) in [6.07, 6.45) is 7.93. The molecular weight excluding hydrogens is 695 g/mol. The maximum Gasteiger partial charge on any atom is 0.164 e. The van der Waals surface area contributed by atoms with E-state index < -0.39 is 0 Å². The Labute approximate surface area is 332 Å². The van der Waals surface area contributed by atoms with E-state index in [-0.39, 0.29) is 0 Å². The van der Waals surface area contributed by atoms with Crippen molar-refractivity contribution in [3.63, 3.8) is 0 Å². The smallest absolute Gasteiger partial charge is 0.164 e. The van der Waals surface area contributed by atoms with Gasteiger partial charge in [-0.25, -0.2) is 15.0 Å². The van der Waals surface area contributed by atoms with Crippen molar-refractivity contribution in [2.45, 2.75) is 13.3 Å². The molecule has 57 heavy (non-hydrogen) atoms. The Morgan fingerprint density at radius 1 is 0.474 bits per heavy atom. The fraction of sp³-hybridized carbons (Fsp3) is 0.0577. The van der Waals surface area contributed by atoms with Crippen LogP contribution in [0.3, 0.4) is 0 Å². The van der Waals surface area contributed by atoms with Gasteiger partial charge in [-0.1, -0.05) is 153 Å². The van der Waals surface area contributed by atoms with Gasteiger partial charge in [-0.05, 0) is 78.1 Å². The Balaban J connectivity index is 1.09. The van der Waals surface area contributed by atoms with Crippen LogP contribution in [0.25, 0.3) is 72.8 Å². The molecule has 0 amide bonds. The number of rotatable bonds is 8. The average molecular weight is 734 g/mol. The molecule has 0 saturated heterocycles. The molecule has 0 N–H and O–H groups in total. The molecule has 10 rings (SSSR count). The predicted molar refractivity (Wildman–Crippen MR) is 235 cm³/mol. The molecule has 0 radical (unpaired) electrons. The van der Waals surface area contributed by atoms with E-state index in [0.717, 1.165) is 62.3 Å². The SMILES string of the molecule is CC1C=CC(N(c2ccccc2)c2ccc(-c3ccc4c5ccc(-c6nc(-c7ccccc7)nc(-c7ccccc7)n6)cc5n(-c5ccccc5)c4c3)cc2)=CC1. The van der Waals surface area contributed by atoms with E-state index in [1.54, 1.807) is 0 Å². The van der Waals surface area contributed by atoms with Crippen LogP contribution in [0, 0.1) is 5.92 Å². The van der Waals surface area contributed by atoms with Crippen molar-refractivity contribution in [2.24, 2.45) is 5.92 Å². The minimum atomic E-state index is 0.547. The van der Waals surface area contributed by atoms with Gasteiger partial charge >= 0.3 is 0 Å². The monoisotopic (exact) mass is 733 g/mol. The van der Waals surface area contributed by atoms with Gasteiger partial charge in [0.25, 0.3) is 0 Å². The van der Waals surface area contributed by atoms with Crippen LogP contribution in [0.4, 0.5) is 11.4 Å². The number of fused-ring (bicyclic) bond motifs is 3. The number of hydrogen-bond donors (Lipinski definition) is 0. The first kappa shape index (κ1) is 34.1. The second-order valence-electron chi connectivity index (χ2n) is 14.6. The summed E-state index contributed by atoms with van der Waals surface area (Å²) in [6.45, 7) is 2.26. The standard InChI is InChI=1S/C52H39N5/c1-36-22-28-44(29-23-36)56(42-18-10-4-11-19-42)45-30-24-37(25-31-45)40-26-32-46-47-33-27-41(35-49(47)57(48(46)34-40)43-20-12-5-13-21-43)52-54-50(38-14-6-2-7-15-38)53-51(55-52)39-16-8-3-9-17-39/h2-22,24-36H,23H2,1H3. The first-order valence-corrected chi connectivity index (χ1v) is 19.5. The van der Waals surface area contributed by atoms with Gasteiger partial charge in [0.05, 0.1) is 11.0 Å². The number of hydrogen-bond acceptors (Lipinski definition) is 4. The van der Waals surface area contributed by atoms with Gasteiger partial charge in [0.1, 0.15) is 0 Å². The van der Waals surface area contributed by atoms with E-state index in [2.05, 4.69) is 156 Å². The molecule has 5 heteroatoms. The lowest BCUT2D eigenvalue weighted by molar-refractivity contribution is 0.728. The van der Waals surface area contributed by atoms with Gasteiger partial charge in [0.2, 0.25) is 0 Å². The minimum Gasteiger partial charge on any atom is -0.311 e. The average Bonchev–Trinajstić information content (AvgIpc) is 3.61. The van der Waals surface area contributed by atoms with Gasteiger partial charge in [-0.3, -0.25) is 0 Å². The fourth-order valence-corrected chi connectivity index (χ4v) is 7.84. The molecule has 0 bridgehead atoms. The van der Waals surface area contributed by atoms with E-state index >= 15 is 0 Å². The Morgan fingerprint density at radius 3 is 1.51 bits per heavy atom. The van der Waals surface area contributed by atoms with Gasteiger partial charge in [0, 0.05) is 50.2 Å². The van der Waals surface area contributed by atoms with Crippen LogP contribution in [0.2, 0.25) is 0 Å². The topological polar surface area (TPSA) is 46.8 Å². The van der Waals surface area contributed by atoms with Crippen molar-refractivity contribution < 1.29 is 0 Å². The lowest BCUT2D eigenvalue weighted by atomic mass is 9.99. The van der Waals surface area contributed by atoms with Crippen LogP contribution >= 0.6 is 0 Å². The first-order chi connectivity index (χ1) is 28.2. The molecule has 9 aromatic rings. The van der Waals surface area contributed by atoms with Gasteiger partial charge in [-0.15, -0.1) is 0 Å². The summed E-state index contributed by atoms with van der Waals surface area (Å²) in [6, 6.07) is 63.8. The highest BCUT2D eigenvalue weighted by Crippen LogP contribution is 2.39. The molecule has 2 aromatic heterocycles. The number of para-hydroxylation sites is 2. The Morgan fingerprint density at radius 2 is 0.947 bits per heavy atom. The molecule has 0 aliphatic heterocycles. The van der Waals surface area contributed by atoms with Crippen LogP contribution in [0.5, 0.6) is 0 Å². The van der Waals surface area contributed by atoms with Crippen molar-refractivity contribution in [3.05, 3.63) is 206 Å². The molecular formula is C52H39N5. The normalized spacial score (nSPS) is 13.8. The zero-order valence-electron chi connectivity index (χ0n) is 31.6. The van der Waals surface area contributed by atoms with Crippen LogP contribution in [-0.4, -0.2) is 19.5 Å². The van der Waals surface area contributed by atoms with Gasteiger partial charge in [-0.2, -0.15) is 0 Å².